The van der Waals surface area contributed by atoms with Crippen molar-refractivity contribution >= 4 is 28.8 Å². The van der Waals surface area contributed by atoms with E-state index in [1.807, 2.05) is 30.3 Å². The molecule has 3 aromatic rings. The van der Waals surface area contributed by atoms with E-state index in [0.717, 1.165) is 10.8 Å². The molecular formula is C23H23N3O5. The Bertz CT molecular complexity index is 1100. The Morgan fingerprint density at radius 3 is 2.29 bits per heavy atom. The molecule has 160 valence electrons. The molecule has 0 unspecified atom stereocenters. The number of nitrogens with one attached hydrogen (secondary N) is 2. The molecule has 8 nitrogen and oxygen atoms in total. The van der Waals surface area contributed by atoms with E-state index < -0.39 is 5.91 Å². The topological polar surface area (TPSA) is 98.2 Å². The van der Waals surface area contributed by atoms with Gasteiger partial charge in [0.1, 0.15) is 0 Å². The van der Waals surface area contributed by atoms with Crippen LogP contribution in [-0.2, 0) is 4.79 Å². The van der Waals surface area contributed by atoms with E-state index in [-0.39, 0.29) is 12.5 Å². The van der Waals surface area contributed by atoms with Crippen molar-refractivity contribution in [2.24, 2.45) is 5.10 Å². The van der Waals surface area contributed by atoms with Gasteiger partial charge < -0.3 is 19.5 Å². The summed E-state index contributed by atoms with van der Waals surface area (Å²) in [7, 11) is 4.54. The molecule has 0 atom stereocenters. The van der Waals surface area contributed by atoms with E-state index in [2.05, 4.69) is 15.8 Å². The van der Waals surface area contributed by atoms with Gasteiger partial charge >= 0.3 is 0 Å². The number of hydrazone groups is 1. The van der Waals surface area contributed by atoms with Crippen LogP contribution in [0.4, 0.5) is 0 Å². The number of hydrogen-bond acceptors (Lipinski definition) is 6. The summed E-state index contributed by atoms with van der Waals surface area (Å²) in [5, 5.41) is 8.31. The smallest absolute Gasteiger partial charge is 0.259 e. The summed E-state index contributed by atoms with van der Waals surface area (Å²) < 4.78 is 15.8. The first kappa shape index (κ1) is 21.6. The van der Waals surface area contributed by atoms with Crippen molar-refractivity contribution in [2.45, 2.75) is 0 Å². The summed E-state index contributed by atoms with van der Waals surface area (Å²) in [4.78, 5) is 24.6. The van der Waals surface area contributed by atoms with Crippen LogP contribution in [0.15, 0.2) is 59.7 Å². The molecule has 0 radical (unpaired) electrons. The molecule has 0 heterocycles. The Hall–Kier alpha value is -4.07. The van der Waals surface area contributed by atoms with Crippen LogP contribution in [0.1, 0.15) is 15.9 Å². The molecule has 0 aliphatic heterocycles. The molecular weight excluding hydrogens is 398 g/mol. The van der Waals surface area contributed by atoms with Crippen molar-refractivity contribution in [3.05, 3.63) is 65.7 Å². The van der Waals surface area contributed by atoms with Gasteiger partial charge in [-0.2, -0.15) is 5.10 Å². The first-order valence-corrected chi connectivity index (χ1v) is 9.45. The molecule has 0 aliphatic rings. The number of rotatable bonds is 8. The van der Waals surface area contributed by atoms with Crippen LogP contribution in [0.2, 0.25) is 0 Å². The average Bonchev–Trinajstić information content (AvgIpc) is 2.81. The van der Waals surface area contributed by atoms with E-state index in [4.69, 9.17) is 14.2 Å². The second kappa shape index (κ2) is 10.1. The lowest BCUT2D eigenvalue weighted by Gasteiger charge is -2.12. The van der Waals surface area contributed by atoms with Crippen molar-refractivity contribution in [3.63, 3.8) is 0 Å². The fourth-order valence-electron chi connectivity index (χ4n) is 3.07. The predicted octanol–water partition coefficient (Wildman–Crippen LogP) is 2.75. The Balaban J connectivity index is 1.60. The average molecular weight is 421 g/mol. The number of methoxy groups -OCH3 is 3. The second-order valence-electron chi connectivity index (χ2n) is 6.46. The van der Waals surface area contributed by atoms with Crippen LogP contribution in [0, 0.1) is 0 Å². The highest BCUT2D eigenvalue weighted by Crippen LogP contribution is 2.37. The fourth-order valence-corrected chi connectivity index (χ4v) is 3.07. The van der Waals surface area contributed by atoms with E-state index in [1.54, 1.807) is 24.3 Å². The monoisotopic (exact) mass is 421 g/mol. The fraction of sp³-hybridized carbons (Fsp3) is 0.174. The van der Waals surface area contributed by atoms with E-state index in [0.29, 0.717) is 28.4 Å². The van der Waals surface area contributed by atoms with Crippen LogP contribution in [0.25, 0.3) is 10.8 Å². The molecule has 0 saturated carbocycles. The molecule has 3 aromatic carbocycles. The largest absolute Gasteiger partial charge is 0.493 e. The van der Waals surface area contributed by atoms with E-state index in [9.17, 15) is 9.59 Å². The summed E-state index contributed by atoms with van der Waals surface area (Å²) in [6.07, 6.45) is 1.44. The van der Waals surface area contributed by atoms with Crippen molar-refractivity contribution in [3.8, 4) is 17.2 Å². The third-order valence-corrected chi connectivity index (χ3v) is 4.53. The maximum atomic E-state index is 12.5. The second-order valence-corrected chi connectivity index (χ2v) is 6.46. The number of hydrogen-bond donors (Lipinski definition) is 2. The van der Waals surface area contributed by atoms with Gasteiger partial charge in [-0.15, -0.1) is 0 Å². The molecule has 0 spiro atoms. The number of ether oxygens (including phenoxy) is 3. The minimum Gasteiger partial charge on any atom is -0.493 e. The molecule has 0 aliphatic carbocycles. The van der Waals surface area contributed by atoms with Crippen molar-refractivity contribution in [2.75, 3.05) is 27.9 Å². The van der Waals surface area contributed by atoms with Gasteiger partial charge in [0, 0.05) is 11.1 Å². The molecule has 0 bridgehead atoms. The first-order chi connectivity index (χ1) is 15.1. The minimum absolute atomic E-state index is 0.214. The Labute approximate surface area is 179 Å². The highest BCUT2D eigenvalue weighted by atomic mass is 16.5. The van der Waals surface area contributed by atoms with Crippen molar-refractivity contribution < 1.29 is 23.8 Å². The molecule has 0 saturated heterocycles. The summed E-state index contributed by atoms with van der Waals surface area (Å²) >= 11 is 0. The van der Waals surface area contributed by atoms with E-state index >= 15 is 0 Å². The highest BCUT2D eigenvalue weighted by molar-refractivity contribution is 6.07. The zero-order chi connectivity index (χ0) is 22.2. The third-order valence-electron chi connectivity index (χ3n) is 4.53. The van der Waals surface area contributed by atoms with Crippen LogP contribution in [0.3, 0.4) is 0 Å². The third kappa shape index (κ3) is 5.11. The Morgan fingerprint density at radius 2 is 1.61 bits per heavy atom. The summed E-state index contributed by atoms with van der Waals surface area (Å²) in [6.45, 7) is -0.214. The lowest BCUT2D eigenvalue weighted by molar-refractivity contribution is -0.120. The van der Waals surface area contributed by atoms with Crippen LogP contribution < -0.4 is 25.0 Å². The van der Waals surface area contributed by atoms with Gasteiger partial charge in [-0.1, -0.05) is 36.4 Å². The van der Waals surface area contributed by atoms with Gasteiger partial charge in [-0.3, -0.25) is 9.59 Å². The van der Waals surface area contributed by atoms with Gasteiger partial charge in [0.05, 0.1) is 34.1 Å². The molecule has 0 aromatic heterocycles. The van der Waals surface area contributed by atoms with Crippen molar-refractivity contribution in [1.82, 2.24) is 10.7 Å². The number of fused-ring (bicyclic) bond motifs is 1. The minimum atomic E-state index is -0.461. The number of nitrogens with zero attached hydrogens (tertiary/aromatic N) is 1. The SMILES string of the molecule is COc1cc(/C=N/NC(=O)CNC(=O)c2cccc3ccccc23)cc(OC)c1OC. The highest BCUT2D eigenvalue weighted by Gasteiger charge is 2.13. The lowest BCUT2D eigenvalue weighted by Crippen LogP contribution is -2.35. The van der Waals surface area contributed by atoms with Gasteiger partial charge in [0.2, 0.25) is 5.75 Å². The molecule has 31 heavy (non-hydrogen) atoms. The molecule has 2 N–H and O–H groups in total. The normalized spacial score (nSPS) is 10.7. The molecule has 3 rings (SSSR count). The van der Waals surface area contributed by atoms with Crippen LogP contribution in [-0.4, -0.2) is 45.9 Å². The molecule has 8 heteroatoms. The van der Waals surface area contributed by atoms with Gasteiger partial charge in [-0.05, 0) is 29.0 Å². The number of amides is 2. The zero-order valence-corrected chi connectivity index (χ0v) is 17.5. The number of carbonyl (C=O) groups is 2. The number of benzene rings is 3. The standard InChI is InChI=1S/C23H23N3O5/c1-29-19-11-15(12-20(30-2)22(19)31-3)13-25-26-21(27)14-24-23(28)18-10-6-8-16-7-4-5-9-17(16)18/h4-13H,14H2,1-3H3,(H,24,28)(H,26,27)/b25-13+. The maximum absolute atomic E-state index is 12.5. The van der Waals surface area contributed by atoms with Crippen LogP contribution >= 0.6 is 0 Å². The van der Waals surface area contributed by atoms with Gasteiger partial charge in [-0.25, -0.2) is 5.43 Å². The van der Waals surface area contributed by atoms with Gasteiger partial charge in [0.25, 0.3) is 11.8 Å². The van der Waals surface area contributed by atoms with Crippen molar-refractivity contribution in [1.29, 1.82) is 0 Å². The zero-order valence-electron chi connectivity index (χ0n) is 17.5. The first-order valence-electron chi connectivity index (χ1n) is 9.45. The van der Waals surface area contributed by atoms with Crippen LogP contribution in [0.5, 0.6) is 17.2 Å². The quantitative estimate of drug-likeness (QED) is 0.431. The molecule has 2 amide bonds. The predicted molar refractivity (Wildman–Crippen MR) is 118 cm³/mol. The maximum Gasteiger partial charge on any atom is 0.259 e. The Kier molecular flexibility index (Phi) is 7.05. The molecule has 0 fully saturated rings. The lowest BCUT2D eigenvalue weighted by atomic mass is 10.0. The van der Waals surface area contributed by atoms with E-state index in [1.165, 1.54) is 27.5 Å². The summed E-state index contributed by atoms with van der Waals surface area (Å²) in [6, 6.07) is 16.4. The Morgan fingerprint density at radius 1 is 0.935 bits per heavy atom. The van der Waals surface area contributed by atoms with Gasteiger partial charge in [0.15, 0.2) is 11.5 Å². The summed E-state index contributed by atoms with van der Waals surface area (Å²) in [5.74, 6) is 0.606. The summed E-state index contributed by atoms with van der Waals surface area (Å²) in [5.41, 5.74) is 3.52. The number of carbonyl (C=O) groups excluding carboxylic acids is 2.